The van der Waals surface area contributed by atoms with Crippen molar-refractivity contribution in [1.82, 2.24) is 0 Å². The van der Waals surface area contributed by atoms with E-state index < -0.39 is 11.9 Å². The fourth-order valence-corrected chi connectivity index (χ4v) is 10.8. The van der Waals surface area contributed by atoms with Gasteiger partial charge in [0.25, 0.3) is 0 Å². The molecule has 0 fully saturated rings. The Balaban J connectivity index is 0.000000228. The Kier molecular flexibility index (Phi) is 36.3. The number of phenols is 1. The number of aliphatic hydroxyl groups is 1. The number of phenolic OH excluding ortho intramolecular Hbond substituents is 1. The number of hydrogen-bond donors (Lipinski definition) is 4. The number of alkyl halides is 1. The van der Waals surface area contributed by atoms with E-state index in [1.54, 1.807) is 146 Å². The molecule has 0 bridgehead atoms. The zero-order valence-corrected chi connectivity index (χ0v) is 66.8. The average Bonchev–Trinajstić information content (AvgIpc) is 0.847. The molecule has 0 unspecified atom stereocenters. The number of halogens is 7. The van der Waals surface area contributed by atoms with Crippen LogP contribution in [0.5, 0.6) is 109 Å². The van der Waals surface area contributed by atoms with E-state index in [1.807, 2.05) is 48.5 Å². The first-order chi connectivity index (χ1) is 49.9. The predicted molar refractivity (Wildman–Crippen MR) is 414 cm³/mol. The van der Waals surface area contributed by atoms with E-state index in [4.69, 9.17) is 105 Å². The lowest BCUT2D eigenvalue weighted by atomic mass is 10.1. The minimum Gasteiger partial charge on any atom is -0.508 e. The highest BCUT2D eigenvalue weighted by molar-refractivity contribution is 9.11. The molecule has 0 amide bonds. The summed E-state index contributed by atoms with van der Waals surface area (Å²) in [6.07, 6.45) is 0.274. The molecule has 0 spiro atoms. The number of aliphatic hydroxyl groups excluding tert-OH is 1. The molecule has 0 heterocycles. The zero-order chi connectivity index (χ0) is 76.4. The second kappa shape index (κ2) is 44.3. The molecule has 10 rings (SSSR count). The largest absolute Gasteiger partial charge is 0.508 e. The molecule has 4 N–H and O–H groups in total. The summed E-state index contributed by atoms with van der Waals surface area (Å²) in [7, 11) is 15.7. The van der Waals surface area contributed by atoms with Crippen LogP contribution in [0.1, 0.15) is 37.4 Å². The highest BCUT2D eigenvalue weighted by Crippen LogP contribution is 2.39. The third-order valence-corrected chi connectivity index (χ3v) is 16.6. The van der Waals surface area contributed by atoms with Crippen molar-refractivity contribution >= 4 is 115 Å². The van der Waals surface area contributed by atoms with Gasteiger partial charge in [-0.3, -0.25) is 0 Å². The maximum atomic E-state index is 11.3. The van der Waals surface area contributed by atoms with Gasteiger partial charge in [-0.2, -0.15) is 5.26 Å². The van der Waals surface area contributed by atoms with Crippen molar-refractivity contribution in [2.24, 2.45) is 0 Å². The van der Waals surface area contributed by atoms with Gasteiger partial charge in [0.1, 0.15) is 115 Å². The van der Waals surface area contributed by atoms with Crippen LogP contribution in [0.25, 0.3) is 0 Å². The number of ether oxygens (including phenoxy) is 14. The standard InChI is InChI=1S/C16H14BrNO3.C15H14BrClO3.C15H13BrO5.C15H15BrO4.C8H10O3.C7H4BrClO2/c1-19-13-8-14(20-2)10-15(9-13)21-16-4-3-12(17)7-11(16)5-6-18;1-18-12-6-13(19-2)8-14(7-12)20-15-4-3-11(16)5-10(15)9-17;1-19-10-6-11(20-2)8-12(7-10)21-14-4-3-9(16)5-13(14)15(17)18;1-18-12-6-13(19-2)8-14(7-12)20-15-4-3-11(16)5-10(15)9-17;1-10-7-3-6(9)4-8(5-7)11-2;8-4-1-2-6(9)5(3-4)7(10)11/h3-4,7-10H,5H2,1-2H3;3-8H,9H2,1-2H3;3-8H,1-2H3,(H,17,18);3-8,17H,9H2,1-2H3;3-5,9H,1-2H3;1-3H,(H,10,11). The van der Waals surface area contributed by atoms with Gasteiger partial charge in [0, 0.05) is 130 Å². The van der Waals surface area contributed by atoms with E-state index in [0.717, 1.165) is 24.5 Å². The first-order valence-corrected chi connectivity index (χ1v) is 34.9. The zero-order valence-electron chi connectivity index (χ0n) is 57.4. The van der Waals surface area contributed by atoms with Crippen molar-refractivity contribution in [1.29, 1.82) is 5.26 Å². The SMILES string of the molecule is COc1cc(O)cc(OC)c1.COc1cc(OC)cc(Oc2ccc(Br)cc2C(=O)O)c1.COc1cc(OC)cc(Oc2ccc(Br)cc2CC#N)c1.COc1cc(OC)cc(Oc2ccc(Br)cc2CCl)c1.COc1cc(OC)cc(Oc2ccc(Br)cc2CO)c1.O=C(O)c1cc(Br)ccc1Cl. The summed E-state index contributed by atoms with van der Waals surface area (Å²) in [5.41, 5.74) is 2.59. The summed E-state index contributed by atoms with van der Waals surface area (Å²) in [5.74, 6) is 9.01. The van der Waals surface area contributed by atoms with Crippen molar-refractivity contribution in [3.8, 4) is 115 Å². The van der Waals surface area contributed by atoms with E-state index in [9.17, 15) is 19.8 Å². The number of aromatic hydroxyl groups is 1. The summed E-state index contributed by atoms with van der Waals surface area (Å²) in [4.78, 5) is 21.7. The first-order valence-electron chi connectivity index (χ1n) is 30.0. The summed E-state index contributed by atoms with van der Waals surface area (Å²) >= 11 is 28.1. The third kappa shape index (κ3) is 28.0. The quantitative estimate of drug-likeness (QED) is 0.0433. The molecule has 0 aromatic heterocycles. The number of carbonyl (C=O) groups is 2. The number of nitrogens with zero attached hydrogens (tertiary/aromatic N) is 1. The third-order valence-electron chi connectivity index (χ3n) is 13.5. The van der Waals surface area contributed by atoms with Gasteiger partial charge in [0.05, 0.1) is 107 Å². The van der Waals surface area contributed by atoms with Crippen LogP contribution in [0, 0.1) is 11.3 Å². The highest BCUT2D eigenvalue weighted by Gasteiger charge is 2.16. The van der Waals surface area contributed by atoms with Gasteiger partial charge in [-0.1, -0.05) is 91.3 Å². The average molecular weight is 1790 g/mol. The van der Waals surface area contributed by atoms with Crippen LogP contribution in [-0.4, -0.2) is 103 Å². The Morgan fingerprint density at radius 2 is 0.606 bits per heavy atom. The Morgan fingerprint density at radius 3 is 0.904 bits per heavy atom. The van der Waals surface area contributed by atoms with Crippen molar-refractivity contribution in [2.45, 2.75) is 18.9 Å². The van der Waals surface area contributed by atoms with Crippen LogP contribution < -0.4 is 66.3 Å². The van der Waals surface area contributed by atoms with Crippen molar-refractivity contribution in [3.63, 3.8) is 0 Å². The minimum absolute atomic E-state index is 0.0613. The maximum absolute atomic E-state index is 11.3. The van der Waals surface area contributed by atoms with Crippen LogP contribution in [0.15, 0.2) is 204 Å². The topological polar surface area (TPSA) is 268 Å². The van der Waals surface area contributed by atoms with Gasteiger partial charge in [-0.25, -0.2) is 9.59 Å². The number of carboxylic acid groups (broad SMARTS) is 2. The summed E-state index contributed by atoms with van der Waals surface area (Å²) in [6, 6.07) is 54.0. The number of benzene rings is 10. The Labute approximate surface area is 653 Å². The highest BCUT2D eigenvalue weighted by atomic mass is 79.9. The molecule has 10 aromatic carbocycles. The lowest BCUT2D eigenvalue weighted by Gasteiger charge is -2.12. The maximum Gasteiger partial charge on any atom is 0.339 e. The van der Waals surface area contributed by atoms with Crippen molar-refractivity contribution in [3.05, 3.63) is 237 Å². The van der Waals surface area contributed by atoms with E-state index in [2.05, 4.69) is 85.7 Å². The van der Waals surface area contributed by atoms with Crippen LogP contribution >= 0.6 is 103 Å². The van der Waals surface area contributed by atoms with E-state index in [-0.39, 0.29) is 40.7 Å². The summed E-state index contributed by atoms with van der Waals surface area (Å²) in [5, 5.41) is 45.4. The first kappa shape index (κ1) is 85.2. The Morgan fingerprint density at radius 1 is 0.356 bits per heavy atom. The minimum atomic E-state index is -1.07. The molecule has 10 aromatic rings. The number of nitriles is 1. The second-order valence-corrected chi connectivity index (χ2v) is 25.7. The van der Waals surface area contributed by atoms with Crippen LogP contribution in [0.2, 0.25) is 5.02 Å². The van der Waals surface area contributed by atoms with E-state index in [0.29, 0.717) is 118 Å². The fraction of sp³-hybridized carbons (Fsp3) is 0.171. The second-order valence-electron chi connectivity index (χ2n) is 20.4. The molecule has 104 heavy (non-hydrogen) atoms. The Bertz CT molecular complexity index is 4310. The molecule has 0 saturated heterocycles. The lowest BCUT2D eigenvalue weighted by Crippen LogP contribution is -2.00. The molecule has 548 valence electrons. The molecule has 28 heteroatoms. The van der Waals surface area contributed by atoms with Gasteiger partial charge < -0.3 is 86.7 Å². The number of hydrogen-bond acceptors (Lipinski definition) is 19. The number of aromatic carboxylic acids is 2. The number of carboxylic acids is 2. The Hall–Kier alpha value is -9.43. The smallest absolute Gasteiger partial charge is 0.339 e. The molecular formula is C76H70Br5Cl2NO20. The van der Waals surface area contributed by atoms with Gasteiger partial charge in [0.15, 0.2) is 0 Å². The fourth-order valence-electron chi connectivity index (χ4n) is 8.48. The molecule has 0 aliphatic heterocycles. The normalized spacial score (nSPS) is 9.93. The number of rotatable bonds is 23. The molecule has 0 saturated carbocycles. The van der Waals surface area contributed by atoms with E-state index in [1.165, 1.54) is 58.8 Å². The summed E-state index contributed by atoms with van der Waals surface area (Å²) < 4.78 is 78.7. The molecular weight excluding hydrogens is 1720 g/mol. The molecule has 0 aliphatic rings. The van der Waals surface area contributed by atoms with E-state index >= 15 is 0 Å². The molecule has 0 atom stereocenters. The van der Waals surface area contributed by atoms with Crippen molar-refractivity contribution in [2.75, 3.05) is 71.1 Å². The lowest BCUT2D eigenvalue weighted by molar-refractivity contribution is 0.0684. The summed E-state index contributed by atoms with van der Waals surface area (Å²) in [6.45, 7) is -0.101. The number of methoxy groups -OCH3 is 10. The van der Waals surface area contributed by atoms with Crippen LogP contribution in [-0.2, 0) is 18.9 Å². The van der Waals surface area contributed by atoms with Gasteiger partial charge in [-0.15, -0.1) is 11.6 Å². The molecule has 0 aliphatic carbocycles. The predicted octanol–water partition coefficient (Wildman–Crippen LogP) is 21.2. The molecule has 21 nitrogen and oxygen atoms in total. The van der Waals surface area contributed by atoms with Gasteiger partial charge in [-0.05, 0) is 91.0 Å². The molecule has 0 radical (unpaired) electrons. The van der Waals surface area contributed by atoms with Crippen LogP contribution in [0.3, 0.4) is 0 Å². The van der Waals surface area contributed by atoms with Crippen LogP contribution in [0.4, 0.5) is 0 Å². The van der Waals surface area contributed by atoms with Gasteiger partial charge in [0.2, 0.25) is 0 Å². The van der Waals surface area contributed by atoms with Gasteiger partial charge >= 0.3 is 11.9 Å². The monoisotopic (exact) mass is 1780 g/mol. The van der Waals surface area contributed by atoms with Crippen molar-refractivity contribution < 1.29 is 96.3 Å².